The van der Waals surface area contributed by atoms with Gasteiger partial charge in [0.05, 0.1) is 0 Å². The number of benzene rings is 1. The third-order valence-corrected chi connectivity index (χ3v) is 2.19. The van der Waals surface area contributed by atoms with Gasteiger partial charge in [0, 0.05) is 0 Å². The van der Waals surface area contributed by atoms with Crippen molar-refractivity contribution in [2.24, 2.45) is 0 Å². The van der Waals surface area contributed by atoms with Gasteiger partial charge in [-0.3, -0.25) is 10.2 Å². The van der Waals surface area contributed by atoms with Gasteiger partial charge in [-0.2, -0.15) is 0 Å². The quantitative estimate of drug-likeness (QED) is 0.624. The van der Waals surface area contributed by atoms with Crippen LogP contribution in [0, 0.1) is 0 Å². The third-order valence-electron chi connectivity index (χ3n) is 2.19. The van der Waals surface area contributed by atoms with Crippen molar-refractivity contribution in [2.45, 2.75) is 32.4 Å². The zero-order chi connectivity index (χ0) is 15.3. The van der Waals surface area contributed by atoms with E-state index in [1.165, 1.54) is 24.3 Å². The van der Waals surface area contributed by atoms with E-state index < -0.39 is 23.7 Å². The van der Waals surface area contributed by atoms with Crippen LogP contribution in [0.1, 0.15) is 32.4 Å². The molecule has 0 saturated carbocycles. The number of hydrazine groups is 1. The fraction of sp³-hybridized carbons (Fsp3) is 0.385. The number of amides is 1. The number of nitrogens with one attached hydrogen (secondary N) is 2. The first kappa shape index (κ1) is 15.8. The van der Waals surface area contributed by atoms with Crippen LogP contribution in [0.5, 0.6) is 5.75 Å². The average Bonchev–Trinajstić information content (AvgIpc) is 2.29. The smallest absolute Gasteiger partial charge is 0.422 e. The largest absolute Gasteiger partial charge is 0.508 e. The number of phenolic OH excluding ortho intramolecular Hbond substituents is 1. The Labute approximate surface area is 116 Å². The molecule has 7 heteroatoms. The lowest BCUT2D eigenvalue weighted by atomic mass is 10.1. The first-order valence-corrected chi connectivity index (χ1v) is 5.95. The highest BCUT2D eigenvalue weighted by Crippen LogP contribution is 2.16. The lowest BCUT2D eigenvalue weighted by molar-refractivity contribution is -0.139. The number of ether oxygens (including phenoxy) is 1. The number of hydrogen-bond acceptors (Lipinski definition) is 5. The van der Waals surface area contributed by atoms with Gasteiger partial charge in [-0.25, -0.2) is 10.2 Å². The third kappa shape index (κ3) is 5.15. The van der Waals surface area contributed by atoms with E-state index in [1.807, 2.05) is 0 Å². The number of carbonyl (C=O) groups is 2. The standard InChI is InChI=1S/C13H18N2O5/c1-13(2,3)20-12(19)15-14-10(11(17)18)8-4-6-9(16)7-5-8/h4-7,10,14,16H,1-3H3,(H,15,19)(H,17,18)/t10-/m1/s1. The van der Waals surface area contributed by atoms with Crippen LogP contribution < -0.4 is 10.9 Å². The minimum Gasteiger partial charge on any atom is -0.508 e. The SMILES string of the molecule is CC(C)(C)OC(=O)NN[C@@H](C(=O)O)c1ccc(O)cc1. The maximum atomic E-state index is 11.4. The highest BCUT2D eigenvalue weighted by molar-refractivity contribution is 5.76. The van der Waals surface area contributed by atoms with Crippen molar-refractivity contribution in [3.05, 3.63) is 29.8 Å². The van der Waals surface area contributed by atoms with Crippen LogP contribution in [0.15, 0.2) is 24.3 Å². The van der Waals surface area contributed by atoms with E-state index in [-0.39, 0.29) is 5.75 Å². The number of carboxylic acid groups (broad SMARTS) is 1. The fourth-order valence-electron chi connectivity index (χ4n) is 1.39. The summed E-state index contributed by atoms with van der Waals surface area (Å²) in [7, 11) is 0. The number of carboxylic acids is 1. The lowest BCUT2D eigenvalue weighted by Gasteiger charge is -2.21. The number of rotatable bonds is 4. The molecule has 0 spiro atoms. The van der Waals surface area contributed by atoms with Gasteiger partial charge < -0.3 is 14.9 Å². The van der Waals surface area contributed by atoms with E-state index in [0.717, 1.165) is 0 Å². The Morgan fingerprint density at radius 1 is 1.20 bits per heavy atom. The highest BCUT2D eigenvalue weighted by atomic mass is 16.6. The van der Waals surface area contributed by atoms with Gasteiger partial charge in [-0.15, -0.1) is 0 Å². The summed E-state index contributed by atoms with van der Waals surface area (Å²) in [5.41, 5.74) is 4.25. The van der Waals surface area contributed by atoms with E-state index in [2.05, 4.69) is 10.9 Å². The minimum absolute atomic E-state index is 0.0259. The zero-order valence-corrected chi connectivity index (χ0v) is 11.5. The molecule has 1 rings (SSSR count). The summed E-state index contributed by atoms with van der Waals surface area (Å²) >= 11 is 0. The van der Waals surface area contributed by atoms with Crippen LogP contribution >= 0.6 is 0 Å². The number of aliphatic carboxylic acids is 1. The van der Waals surface area contributed by atoms with E-state index in [1.54, 1.807) is 20.8 Å². The van der Waals surface area contributed by atoms with Crippen molar-refractivity contribution in [1.29, 1.82) is 0 Å². The average molecular weight is 282 g/mol. The van der Waals surface area contributed by atoms with Crippen LogP contribution in [-0.4, -0.2) is 27.9 Å². The van der Waals surface area contributed by atoms with Crippen molar-refractivity contribution >= 4 is 12.1 Å². The van der Waals surface area contributed by atoms with Crippen LogP contribution in [0.4, 0.5) is 4.79 Å². The molecule has 1 aromatic carbocycles. The van der Waals surface area contributed by atoms with Gasteiger partial charge in [0.2, 0.25) is 0 Å². The Balaban J connectivity index is 2.67. The minimum atomic E-state index is -1.17. The summed E-state index contributed by atoms with van der Waals surface area (Å²) in [6.07, 6.45) is -0.775. The molecule has 0 bridgehead atoms. The number of carbonyl (C=O) groups excluding carboxylic acids is 1. The number of hydrogen-bond donors (Lipinski definition) is 4. The topological polar surface area (TPSA) is 108 Å². The molecule has 0 unspecified atom stereocenters. The summed E-state index contributed by atoms with van der Waals surface area (Å²) in [6.45, 7) is 5.09. The van der Waals surface area contributed by atoms with Crippen molar-refractivity contribution in [3.8, 4) is 5.75 Å². The molecule has 0 aliphatic rings. The predicted molar refractivity (Wildman–Crippen MR) is 71.0 cm³/mol. The van der Waals surface area contributed by atoms with Crippen LogP contribution in [0.3, 0.4) is 0 Å². The van der Waals surface area contributed by atoms with Gasteiger partial charge >= 0.3 is 12.1 Å². The zero-order valence-electron chi connectivity index (χ0n) is 11.5. The van der Waals surface area contributed by atoms with Crippen LogP contribution in [-0.2, 0) is 9.53 Å². The van der Waals surface area contributed by atoms with Crippen molar-refractivity contribution in [3.63, 3.8) is 0 Å². The molecule has 0 aromatic heterocycles. The second-order valence-corrected chi connectivity index (χ2v) is 5.13. The lowest BCUT2D eigenvalue weighted by Crippen LogP contribution is -2.45. The molecule has 0 aliphatic heterocycles. The second-order valence-electron chi connectivity index (χ2n) is 5.13. The van der Waals surface area contributed by atoms with Crippen molar-refractivity contribution in [1.82, 2.24) is 10.9 Å². The predicted octanol–water partition coefficient (Wildman–Crippen LogP) is 1.55. The molecule has 0 fully saturated rings. The first-order chi connectivity index (χ1) is 9.19. The van der Waals surface area contributed by atoms with Gasteiger partial charge in [0.15, 0.2) is 0 Å². The molecule has 0 saturated heterocycles. The van der Waals surface area contributed by atoms with Crippen molar-refractivity contribution < 1.29 is 24.5 Å². The first-order valence-electron chi connectivity index (χ1n) is 5.95. The molecule has 1 aromatic rings. The number of phenols is 1. The van der Waals surface area contributed by atoms with E-state index in [4.69, 9.17) is 14.9 Å². The molecular formula is C13H18N2O5. The molecule has 0 radical (unpaired) electrons. The Morgan fingerprint density at radius 2 is 1.75 bits per heavy atom. The van der Waals surface area contributed by atoms with Crippen molar-refractivity contribution in [2.75, 3.05) is 0 Å². The van der Waals surface area contributed by atoms with Gasteiger partial charge in [-0.05, 0) is 38.5 Å². The van der Waals surface area contributed by atoms with E-state index >= 15 is 0 Å². The Hall–Kier alpha value is -2.28. The molecular weight excluding hydrogens is 264 g/mol. The maximum Gasteiger partial charge on any atom is 0.422 e. The highest BCUT2D eigenvalue weighted by Gasteiger charge is 2.22. The number of aromatic hydroxyl groups is 1. The molecule has 4 N–H and O–H groups in total. The molecule has 110 valence electrons. The molecule has 0 heterocycles. The maximum absolute atomic E-state index is 11.4. The molecule has 1 amide bonds. The van der Waals surface area contributed by atoms with Gasteiger partial charge in [0.1, 0.15) is 17.4 Å². The van der Waals surface area contributed by atoms with E-state index in [9.17, 15) is 9.59 Å². The molecule has 20 heavy (non-hydrogen) atoms. The van der Waals surface area contributed by atoms with E-state index in [0.29, 0.717) is 5.56 Å². The molecule has 0 aliphatic carbocycles. The summed E-state index contributed by atoms with van der Waals surface area (Å²) in [4.78, 5) is 22.6. The Kier molecular flexibility index (Phi) is 4.93. The van der Waals surface area contributed by atoms with Crippen LogP contribution in [0.25, 0.3) is 0 Å². The summed E-state index contributed by atoms with van der Waals surface area (Å²) in [5, 5.41) is 18.3. The normalized spacial score (nSPS) is 12.6. The Morgan fingerprint density at radius 3 is 2.20 bits per heavy atom. The fourth-order valence-corrected chi connectivity index (χ4v) is 1.39. The molecule has 7 nitrogen and oxygen atoms in total. The second kappa shape index (κ2) is 6.25. The monoisotopic (exact) mass is 282 g/mol. The summed E-state index contributed by atoms with van der Waals surface area (Å²) < 4.78 is 4.98. The van der Waals surface area contributed by atoms with Gasteiger partial charge in [-0.1, -0.05) is 12.1 Å². The van der Waals surface area contributed by atoms with Crippen LogP contribution in [0.2, 0.25) is 0 Å². The van der Waals surface area contributed by atoms with Gasteiger partial charge in [0.25, 0.3) is 0 Å². The molecule has 1 atom stereocenters. The summed E-state index contributed by atoms with van der Waals surface area (Å²) in [5.74, 6) is -1.15. The Bertz CT molecular complexity index is 479. The summed E-state index contributed by atoms with van der Waals surface area (Å²) in [6, 6.07) is 4.46.